The topological polar surface area (TPSA) is 95.5 Å². The summed E-state index contributed by atoms with van der Waals surface area (Å²) in [4.78, 5) is 25.9. The number of amides is 1. The third-order valence-corrected chi connectivity index (χ3v) is 4.35. The van der Waals surface area contributed by atoms with Gasteiger partial charge in [0, 0.05) is 13.1 Å². The zero-order valence-electron chi connectivity index (χ0n) is 13.5. The predicted octanol–water partition coefficient (Wildman–Crippen LogP) is 2.06. The number of rotatable bonds is 1. The molecule has 2 N–H and O–H groups in total. The van der Waals surface area contributed by atoms with Crippen molar-refractivity contribution in [2.24, 2.45) is 5.41 Å². The van der Waals surface area contributed by atoms with Crippen molar-refractivity contribution in [1.82, 2.24) is 15.1 Å². The van der Waals surface area contributed by atoms with Crippen LogP contribution in [0.25, 0.3) is 6.08 Å². The Kier molecular flexibility index (Phi) is 3.46. The molecule has 1 aromatic rings. The van der Waals surface area contributed by atoms with E-state index < -0.39 is 23.1 Å². The summed E-state index contributed by atoms with van der Waals surface area (Å²) >= 11 is 0. The van der Waals surface area contributed by atoms with Crippen LogP contribution in [-0.4, -0.2) is 51.0 Å². The molecule has 1 unspecified atom stereocenters. The molecule has 0 aromatic carbocycles. The van der Waals surface area contributed by atoms with E-state index in [0.29, 0.717) is 19.4 Å². The molecule has 0 spiro atoms. The van der Waals surface area contributed by atoms with E-state index in [4.69, 9.17) is 4.74 Å². The molecule has 0 radical (unpaired) electrons. The first kappa shape index (κ1) is 15.6. The Labute approximate surface area is 134 Å². The Morgan fingerprint density at radius 3 is 2.83 bits per heavy atom. The molecule has 0 bridgehead atoms. The number of hydrogen-bond acceptors (Lipinski definition) is 4. The molecule has 1 saturated heterocycles. The zero-order valence-corrected chi connectivity index (χ0v) is 13.5. The van der Waals surface area contributed by atoms with Gasteiger partial charge in [-0.3, -0.25) is 9.89 Å². The van der Waals surface area contributed by atoms with Crippen LogP contribution in [0.1, 0.15) is 38.4 Å². The predicted molar refractivity (Wildman–Crippen MR) is 82.8 cm³/mol. The molecule has 1 amide bonds. The van der Waals surface area contributed by atoms with Crippen LogP contribution in [0.4, 0.5) is 4.79 Å². The second-order valence-electron chi connectivity index (χ2n) is 7.19. The van der Waals surface area contributed by atoms with Gasteiger partial charge >= 0.3 is 12.1 Å². The van der Waals surface area contributed by atoms with Crippen LogP contribution in [0.3, 0.4) is 0 Å². The van der Waals surface area contributed by atoms with E-state index in [-0.39, 0.29) is 6.54 Å². The number of aromatic amines is 1. The van der Waals surface area contributed by atoms with E-state index in [1.165, 1.54) is 4.90 Å². The number of fused-ring (bicyclic) bond motifs is 2. The number of nitrogens with zero attached hydrogens (tertiary/aromatic N) is 2. The molecule has 1 aromatic heterocycles. The van der Waals surface area contributed by atoms with Crippen LogP contribution in [0.5, 0.6) is 0 Å². The monoisotopic (exact) mass is 319 g/mol. The second kappa shape index (κ2) is 5.11. The van der Waals surface area contributed by atoms with Gasteiger partial charge in [-0.1, -0.05) is 0 Å². The quantitative estimate of drug-likeness (QED) is 0.826. The molecule has 2 aliphatic rings. The molecule has 0 saturated carbocycles. The summed E-state index contributed by atoms with van der Waals surface area (Å²) in [6, 6.07) is 0. The van der Waals surface area contributed by atoms with Crippen molar-refractivity contribution < 1.29 is 19.4 Å². The molecule has 1 aliphatic carbocycles. The number of aromatic nitrogens is 2. The van der Waals surface area contributed by atoms with Gasteiger partial charge in [0.15, 0.2) is 0 Å². The third-order valence-electron chi connectivity index (χ3n) is 4.35. The first-order valence-electron chi connectivity index (χ1n) is 7.66. The van der Waals surface area contributed by atoms with Crippen LogP contribution in [0.2, 0.25) is 0 Å². The van der Waals surface area contributed by atoms with Crippen LogP contribution in [-0.2, 0) is 16.0 Å². The fourth-order valence-electron chi connectivity index (χ4n) is 3.23. The normalized spacial score (nSPS) is 23.6. The molecule has 2 heterocycles. The molecular weight excluding hydrogens is 298 g/mol. The summed E-state index contributed by atoms with van der Waals surface area (Å²) < 4.78 is 5.39. The summed E-state index contributed by atoms with van der Waals surface area (Å²) in [5.41, 5.74) is 0.867. The van der Waals surface area contributed by atoms with Crippen molar-refractivity contribution in [3.63, 3.8) is 0 Å². The Balaban J connectivity index is 1.89. The van der Waals surface area contributed by atoms with Gasteiger partial charge in [0.25, 0.3) is 0 Å². The minimum Gasteiger partial charge on any atom is -0.481 e. The van der Waals surface area contributed by atoms with Crippen molar-refractivity contribution in [3.8, 4) is 0 Å². The Morgan fingerprint density at radius 2 is 2.17 bits per heavy atom. The van der Waals surface area contributed by atoms with Gasteiger partial charge in [-0.25, -0.2) is 4.79 Å². The van der Waals surface area contributed by atoms with Crippen molar-refractivity contribution >= 4 is 18.1 Å². The van der Waals surface area contributed by atoms with Gasteiger partial charge < -0.3 is 14.7 Å². The number of carbonyl (C=O) groups is 2. The number of carbonyl (C=O) groups excluding carboxylic acids is 1. The largest absolute Gasteiger partial charge is 0.481 e. The highest BCUT2D eigenvalue weighted by atomic mass is 16.6. The summed E-state index contributed by atoms with van der Waals surface area (Å²) in [5, 5.41) is 16.7. The maximum Gasteiger partial charge on any atom is 0.410 e. The Hall–Kier alpha value is -2.31. The van der Waals surface area contributed by atoms with E-state index in [9.17, 15) is 14.7 Å². The molecule has 23 heavy (non-hydrogen) atoms. The smallest absolute Gasteiger partial charge is 0.410 e. The Bertz CT molecular complexity index is 686. The first-order chi connectivity index (χ1) is 10.7. The van der Waals surface area contributed by atoms with E-state index in [0.717, 1.165) is 16.8 Å². The van der Waals surface area contributed by atoms with Gasteiger partial charge in [-0.15, -0.1) is 0 Å². The van der Waals surface area contributed by atoms with Crippen LogP contribution in [0, 0.1) is 5.41 Å². The standard InChI is InChI=1S/C16H21N3O4/c1-15(2,3)23-14(22)19-5-4-11-6-12-10(8-17-18-12)7-16(11,9-19)13(20)21/h6,8H,4-5,7,9H2,1-3H3,(H,17,18)(H,20,21). The first-order valence-corrected chi connectivity index (χ1v) is 7.66. The van der Waals surface area contributed by atoms with Gasteiger partial charge in [0.2, 0.25) is 0 Å². The molecular formula is C16H21N3O4. The average molecular weight is 319 g/mol. The highest BCUT2D eigenvalue weighted by Gasteiger charge is 2.50. The van der Waals surface area contributed by atoms with Crippen LogP contribution >= 0.6 is 0 Å². The van der Waals surface area contributed by atoms with Gasteiger partial charge in [-0.05, 0) is 50.8 Å². The number of hydrogen-bond donors (Lipinski definition) is 2. The lowest BCUT2D eigenvalue weighted by atomic mass is 9.68. The lowest BCUT2D eigenvalue weighted by molar-refractivity contribution is -0.148. The van der Waals surface area contributed by atoms with Crippen LogP contribution in [0.15, 0.2) is 11.8 Å². The maximum atomic E-state index is 12.3. The van der Waals surface area contributed by atoms with Gasteiger partial charge in [0.1, 0.15) is 11.0 Å². The third kappa shape index (κ3) is 2.71. The zero-order chi connectivity index (χ0) is 16.8. The van der Waals surface area contributed by atoms with Crippen molar-refractivity contribution in [2.45, 2.75) is 39.2 Å². The van der Waals surface area contributed by atoms with E-state index >= 15 is 0 Å². The number of ether oxygens (including phenoxy) is 1. The minimum absolute atomic E-state index is 0.119. The van der Waals surface area contributed by atoms with E-state index in [1.807, 2.05) is 6.08 Å². The number of carboxylic acid groups (broad SMARTS) is 1. The summed E-state index contributed by atoms with van der Waals surface area (Å²) in [7, 11) is 0. The van der Waals surface area contributed by atoms with E-state index in [2.05, 4.69) is 10.2 Å². The summed E-state index contributed by atoms with van der Waals surface area (Å²) in [6.45, 7) is 5.97. The molecule has 7 nitrogen and oxygen atoms in total. The number of piperidine rings is 1. The number of likely N-dealkylation sites (tertiary alicyclic amines) is 1. The van der Waals surface area contributed by atoms with Crippen molar-refractivity contribution in [1.29, 1.82) is 0 Å². The Morgan fingerprint density at radius 1 is 1.43 bits per heavy atom. The number of nitrogens with one attached hydrogen (secondary N) is 1. The highest BCUT2D eigenvalue weighted by Crippen LogP contribution is 2.43. The number of carboxylic acids is 1. The van der Waals surface area contributed by atoms with Crippen molar-refractivity contribution in [3.05, 3.63) is 23.0 Å². The summed E-state index contributed by atoms with van der Waals surface area (Å²) in [6.07, 6.45) is 3.91. The van der Waals surface area contributed by atoms with Gasteiger partial charge in [0.05, 0.1) is 11.9 Å². The van der Waals surface area contributed by atoms with Crippen molar-refractivity contribution in [2.75, 3.05) is 13.1 Å². The fourth-order valence-corrected chi connectivity index (χ4v) is 3.23. The minimum atomic E-state index is -1.09. The highest BCUT2D eigenvalue weighted by molar-refractivity contribution is 5.85. The fraction of sp³-hybridized carbons (Fsp3) is 0.562. The lowest BCUT2D eigenvalue weighted by Crippen LogP contribution is -2.53. The number of aliphatic carboxylic acids is 1. The molecule has 1 aliphatic heterocycles. The maximum absolute atomic E-state index is 12.3. The van der Waals surface area contributed by atoms with Gasteiger partial charge in [-0.2, -0.15) is 5.10 Å². The lowest BCUT2D eigenvalue weighted by Gasteiger charge is -2.43. The number of H-pyrrole nitrogens is 1. The van der Waals surface area contributed by atoms with Crippen LogP contribution < -0.4 is 0 Å². The molecule has 7 heteroatoms. The molecule has 124 valence electrons. The molecule has 1 fully saturated rings. The average Bonchev–Trinajstić information content (AvgIpc) is 2.88. The second-order valence-corrected chi connectivity index (χ2v) is 7.19. The SMILES string of the molecule is CC(C)(C)OC(=O)N1CCC2=Cc3[nH]ncc3CC2(C(=O)O)C1. The molecule has 3 rings (SSSR count). The summed E-state index contributed by atoms with van der Waals surface area (Å²) in [5.74, 6) is -0.913. The molecule has 1 atom stereocenters. The van der Waals surface area contributed by atoms with E-state index in [1.54, 1.807) is 27.0 Å².